The van der Waals surface area contributed by atoms with Crippen molar-refractivity contribution in [2.24, 2.45) is 5.73 Å². The normalized spacial score (nSPS) is 26.9. The number of fused-ring (bicyclic) bond motifs is 2. The summed E-state index contributed by atoms with van der Waals surface area (Å²) >= 11 is 0. The lowest BCUT2D eigenvalue weighted by Crippen LogP contribution is -2.53. The van der Waals surface area contributed by atoms with Gasteiger partial charge in [-0.05, 0) is 32.0 Å². The number of nitrogens with zero attached hydrogens (tertiary/aromatic N) is 2. The van der Waals surface area contributed by atoms with Gasteiger partial charge in [0, 0.05) is 25.2 Å². The molecule has 0 radical (unpaired) electrons. The average Bonchev–Trinajstić information content (AvgIpc) is 2.67. The summed E-state index contributed by atoms with van der Waals surface area (Å²) in [5, 5.41) is 0. The molecule has 2 fully saturated rings. The lowest BCUT2D eigenvalue weighted by atomic mass is 10.2. The van der Waals surface area contributed by atoms with Gasteiger partial charge in [-0.3, -0.25) is 9.69 Å². The van der Waals surface area contributed by atoms with Crippen molar-refractivity contribution in [1.29, 1.82) is 0 Å². The number of piperazine rings is 1. The Hall–Kier alpha value is -1.44. The number of benzene rings is 1. The summed E-state index contributed by atoms with van der Waals surface area (Å²) < 4.78 is 27.2. The van der Waals surface area contributed by atoms with Crippen LogP contribution in [-0.2, 0) is 10.0 Å². The van der Waals surface area contributed by atoms with Gasteiger partial charge in [0.05, 0.1) is 10.5 Å². The summed E-state index contributed by atoms with van der Waals surface area (Å²) in [4.78, 5) is 13.7. The highest BCUT2D eigenvalue weighted by atomic mass is 32.2. The summed E-state index contributed by atoms with van der Waals surface area (Å²) in [6.45, 7) is 0.949. The molecule has 1 aromatic carbocycles. The molecule has 2 atom stereocenters. The Balaban J connectivity index is 1.97. The van der Waals surface area contributed by atoms with E-state index in [2.05, 4.69) is 4.90 Å². The number of carbonyl (C=O) groups is 1. The minimum Gasteiger partial charge on any atom is -0.366 e. The number of nitrogens with two attached hydrogens (primary N) is 1. The van der Waals surface area contributed by atoms with Crippen molar-refractivity contribution in [2.45, 2.75) is 29.8 Å². The molecular weight excluding hydrogens is 290 g/mol. The van der Waals surface area contributed by atoms with Crippen LogP contribution in [0.5, 0.6) is 0 Å². The van der Waals surface area contributed by atoms with E-state index in [0.717, 1.165) is 12.8 Å². The second kappa shape index (κ2) is 5.08. The van der Waals surface area contributed by atoms with Crippen LogP contribution >= 0.6 is 0 Å². The van der Waals surface area contributed by atoms with Crippen LogP contribution in [-0.4, -0.2) is 55.8 Å². The molecule has 114 valence electrons. The number of hydrogen-bond donors (Lipinski definition) is 1. The molecule has 1 amide bonds. The van der Waals surface area contributed by atoms with Crippen molar-refractivity contribution in [1.82, 2.24) is 9.21 Å². The van der Waals surface area contributed by atoms with Crippen LogP contribution in [0.4, 0.5) is 0 Å². The molecule has 2 heterocycles. The Morgan fingerprint density at radius 3 is 2.33 bits per heavy atom. The maximum absolute atomic E-state index is 12.8. The van der Waals surface area contributed by atoms with Crippen molar-refractivity contribution in [3.05, 3.63) is 29.8 Å². The highest BCUT2D eigenvalue weighted by Crippen LogP contribution is 2.32. The highest BCUT2D eigenvalue weighted by Gasteiger charge is 2.42. The molecule has 21 heavy (non-hydrogen) atoms. The summed E-state index contributed by atoms with van der Waals surface area (Å²) in [5.74, 6) is -0.716. The molecule has 2 bridgehead atoms. The van der Waals surface area contributed by atoms with Crippen LogP contribution in [0.1, 0.15) is 23.2 Å². The lowest BCUT2D eigenvalue weighted by molar-refractivity contribution is 0.0996. The maximum Gasteiger partial charge on any atom is 0.250 e. The van der Waals surface area contributed by atoms with Crippen LogP contribution in [0.25, 0.3) is 0 Å². The van der Waals surface area contributed by atoms with Gasteiger partial charge < -0.3 is 5.73 Å². The molecule has 2 aliphatic heterocycles. The van der Waals surface area contributed by atoms with Gasteiger partial charge >= 0.3 is 0 Å². The van der Waals surface area contributed by atoms with Crippen LogP contribution in [0.3, 0.4) is 0 Å². The lowest BCUT2D eigenvalue weighted by Gasteiger charge is -2.38. The molecule has 0 aromatic heterocycles. The summed E-state index contributed by atoms with van der Waals surface area (Å²) in [6.07, 6.45) is 2.04. The Kier molecular flexibility index (Phi) is 3.51. The topological polar surface area (TPSA) is 83.7 Å². The van der Waals surface area contributed by atoms with Crippen LogP contribution in [0, 0.1) is 0 Å². The Labute approximate surface area is 124 Å². The first-order valence-corrected chi connectivity index (χ1v) is 8.46. The number of amides is 1. The van der Waals surface area contributed by atoms with Crippen molar-refractivity contribution in [2.75, 3.05) is 20.1 Å². The number of carbonyl (C=O) groups excluding carboxylic acids is 1. The van der Waals surface area contributed by atoms with Gasteiger partial charge in [-0.1, -0.05) is 12.1 Å². The quantitative estimate of drug-likeness (QED) is 0.867. The van der Waals surface area contributed by atoms with Gasteiger partial charge in [-0.2, -0.15) is 4.31 Å². The molecule has 0 saturated carbocycles. The van der Waals surface area contributed by atoms with Crippen LogP contribution in [0.15, 0.2) is 29.2 Å². The van der Waals surface area contributed by atoms with Gasteiger partial charge in [0.15, 0.2) is 0 Å². The fourth-order valence-corrected chi connectivity index (χ4v) is 5.02. The predicted octanol–water partition coefficient (Wildman–Crippen LogP) is 0.253. The summed E-state index contributed by atoms with van der Waals surface area (Å²) in [7, 11) is -1.64. The fraction of sp³-hybridized carbons (Fsp3) is 0.500. The van der Waals surface area contributed by atoms with Crippen LogP contribution in [0.2, 0.25) is 0 Å². The Bertz CT molecular complexity index is 660. The van der Waals surface area contributed by atoms with Crippen molar-refractivity contribution < 1.29 is 13.2 Å². The minimum absolute atomic E-state index is 0.0152. The summed E-state index contributed by atoms with van der Waals surface area (Å²) in [5.41, 5.74) is 5.36. The highest BCUT2D eigenvalue weighted by molar-refractivity contribution is 7.89. The smallest absolute Gasteiger partial charge is 0.250 e. The van der Waals surface area contributed by atoms with Crippen molar-refractivity contribution in [3.63, 3.8) is 0 Å². The number of hydrogen-bond acceptors (Lipinski definition) is 4. The zero-order valence-electron chi connectivity index (χ0n) is 11.9. The first-order valence-electron chi connectivity index (χ1n) is 7.02. The molecule has 2 unspecified atom stereocenters. The zero-order chi connectivity index (χ0) is 15.2. The average molecular weight is 309 g/mol. The van der Waals surface area contributed by atoms with Gasteiger partial charge in [0.25, 0.3) is 0 Å². The molecule has 2 saturated heterocycles. The first-order chi connectivity index (χ1) is 9.91. The summed E-state index contributed by atoms with van der Waals surface area (Å²) in [6, 6.07) is 6.67. The number of primary amides is 1. The van der Waals surface area contributed by atoms with Gasteiger partial charge in [0.2, 0.25) is 15.9 Å². The monoisotopic (exact) mass is 309 g/mol. The SMILES string of the molecule is CN1C2CCC1CN(S(=O)(=O)c1ccccc1C(N)=O)C2. The second-order valence-electron chi connectivity index (χ2n) is 5.73. The van der Waals surface area contributed by atoms with Gasteiger partial charge in [0.1, 0.15) is 0 Å². The molecular formula is C14H19N3O3S. The van der Waals surface area contributed by atoms with Crippen molar-refractivity contribution in [3.8, 4) is 0 Å². The molecule has 3 rings (SSSR count). The molecule has 6 nitrogen and oxygen atoms in total. The Morgan fingerprint density at radius 1 is 1.19 bits per heavy atom. The van der Waals surface area contributed by atoms with E-state index in [1.54, 1.807) is 12.1 Å². The maximum atomic E-state index is 12.8. The van der Waals surface area contributed by atoms with E-state index in [0.29, 0.717) is 13.1 Å². The van der Waals surface area contributed by atoms with E-state index < -0.39 is 15.9 Å². The minimum atomic E-state index is -3.68. The van der Waals surface area contributed by atoms with Gasteiger partial charge in [-0.25, -0.2) is 8.42 Å². The van der Waals surface area contributed by atoms with Gasteiger partial charge in [-0.15, -0.1) is 0 Å². The largest absolute Gasteiger partial charge is 0.366 e. The third kappa shape index (κ3) is 2.35. The predicted molar refractivity (Wildman–Crippen MR) is 78.3 cm³/mol. The molecule has 2 aliphatic rings. The second-order valence-corrected chi connectivity index (χ2v) is 7.64. The number of likely N-dealkylation sites (N-methyl/N-ethyl adjacent to an activating group) is 1. The molecule has 0 aliphatic carbocycles. The van der Waals surface area contributed by atoms with E-state index in [4.69, 9.17) is 5.73 Å². The van der Waals surface area contributed by atoms with E-state index in [1.165, 1.54) is 16.4 Å². The Morgan fingerprint density at radius 2 is 1.76 bits per heavy atom. The van der Waals surface area contributed by atoms with E-state index >= 15 is 0 Å². The standard InChI is InChI=1S/C14H19N3O3S/c1-16-10-6-7-11(16)9-17(8-10)21(19,20)13-5-3-2-4-12(13)14(15)18/h2-5,10-11H,6-9H2,1H3,(H2,15,18). The number of sulfonamides is 1. The zero-order valence-corrected chi connectivity index (χ0v) is 12.7. The first kappa shape index (κ1) is 14.5. The van der Waals surface area contributed by atoms with Crippen molar-refractivity contribution >= 4 is 15.9 Å². The molecule has 1 aromatic rings. The van der Waals surface area contributed by atoms with E-state index in [-0.39, 0.29) is 22.5 Å². The third-order valence-electron chi connectivity index (χ3n) is 4.58. The van der Waals surface area contributed by atoms with E-state index in [1.807, 2.05) is 7.05 Å². The fourth-order valence-electron chi connectivity index (χ4n) is 3.31. The number of rotatable bonds is 3. The van der Waals surface area contributed by atoms with E-state index in [9.17, 15) is 13.2 Å². The molecule has 0 spiro atoms. The molecule has 2 N–H and O–H groups in total. The third-order valence-corrected chi connectivity index (χ3v) is 6.47. The molecule has 7 heteroatoms. The van der Waals surface area contributed by atoms with Crippen LogP contribution < -0.4 is 5.73 Å².